The van der Waals surface area contributed by atoms with E-state index in [9.17, 15) is 14.9 Å². The lowest BCUT2D eigenvalue weighted by Crippen LogP contribution is -2.20. The van der Waals surface area contributed by atoms with Gasteiger partial charge in [-0.15, -0.1) is 0 Å². The molecule has 0 bridgehead atoms. The monoisotopic (exact) mass is 373 g/mol. The molecule has 138 valence electrons. The molecule has 0 fully saturated rings. The number of hydrogen-bond acceptors (Lipinski definition) is 5. The summed E-state index contributed by atoms with van der Waals surface area (Å²) in [5.41, 5.74) is 2.95. The van der Waals surface area contributed by atoms with Crippen molar-refractivity contribution in [1.29, 1.82) is 5.26 Å². The summed E-state index contributed by atoms with van der Waals surface area (Å²) in [6, 6.07) is 22.1. The molecule has 0 aliphatic carbocycles. The quantitative estimate of drug-likeness (QED) is 0.516. The van der Waals surface area contributed by atoms with Crippen LogP contribution in [0.4, 0.5) is 11.4 Å². The number of amides is 1. The summed E-state index contributed by atoms with van der Waals surface area (Å²) >= 11 is 0. The van der Waals surface area contributed by atoms with Gasteiger partial charge in [-0.3, -0.25) is 14.9 Å². The van der Waals surface area contributed by atoms with E-state index in [-0.39, 0.29) is 18.2 Å². The van der Waals surface area contributed by atoms with Crippen molar-refractivity contribution < 1.29 is 14.5 Å². The average molecular weight is 373 g/mol. The highest BCUT2D eigenvalue weighted by molar-refractivity contribution is 5.92. The van der Waals surface area contributed by atoms with Gasteiger partial charge in [0.15, 0.2) is 6.61 Å². The minimum absolute atomic E-state index is 0.0448. The van der Waals surface area contributed by atoms with Crippen LogP contribution in [0.3, 0.4) is 0 Å². The first-order valence-electron chi connectivity index (χ1n) is 8.33. The molecular weight excluding hydrogens is 358 g/mol. The minimum atomic E-state index is -0.504. The van der Waals surface area contributed by atoms with Crippen molar-refractivity contribution in [1.82, 2.24) is 0 Å². The average Bonchev–Trinajstić information content (AvgIpc) is 2.73. The third kappa shape index (κ3) is 4.71. The fourth-order valence-electron chi connectivity index (χ4n) is 2.49. The van der Waals surface area contributed by atoms with E-state index in [1.54, 1.807) is 24.3 Å². The van der Waals surface area contributed by atoms with Crippen molar-refractivity contribution in [2.75, 3.05) is 11.9 Å². The summed E-state index contributed by atoms with van der Waals surface area (Å²) in [5.74, 6) is 0.168. The van der Waals surface area contributed by atoms with Crippen LogP contribution in [-0.4, -0.2) is 17.4 Å². The van der Waals surface area contributed by atoms with Crippen LogP contribution in [0.2, 0.25) is 0 Å². The minimum Gasteiger partial charge on any atom is -0.484 e. The highest BCUT2D eigenvalue weighted by Crippen LogP contribution is 2.23. The van der Waals surface area contributed by atoms with Crippen molar-refractivity contribution in [3.05, 3.63) is 88.5 Å². The highest BCUT2D eigenvalue weighted by atomic mass is 16.6. The zero-order chi connectivity index (χ0) is 19.9. The van der Waals surface area contributed by atoms with E-state index in [2.05, 4.69) is 11.4 Å². The summed E-state index contributed by atoms with van der Waals surface area (Å²) in [5, 5.41) is 22.1. The summed E-state index contributed by atoms with van der Waals surface area (Å²) in [7, 11) is 0. The number of carbonyl (C=O) groups excluding carboxylic acids is 1. The molecule has 7 nitrogen and oxygen atoms in total. The first-order valence-corrected chi connectivity index (χ1v) is 8.33. The second kappa shape index (κ2) is 8.47. The zero-order valence-corrected chi connectivity index (χ0v) is 14.7. The van der Waals surface area contributed by atoms with Gasteiger partial charge >= 0.3 is 0 Å². The maximum Gasteiger partial charge on any atom is 0.269 e. The third-order valence-electron chi connectivity index (χ3n) is 3.93. The molecule has 3 rings (SSSR count). The Hall–Kier alpha value is -4.18. The van der Waals surface area contributed by atoms with Crippen molar-refractivity contribution in [2.24, 2.45) is 0 Å². The van der Waals surface area contributed by atoms with E-state index >= 15 is 0 Å². The summed E-state index contributed by atoms with van der Waals surface area (Å²) in [6.07, 6.45) is 0. The van der Waals surface area contributed by atoms with Gasteiger partial charge in [0, 0.05) is 17.8 Å². The van der Waals surface area contributed by atoms with Gasteiger partial charge in [-0.05, 0) is 47.5 Å². The number of ether oxygens (including phenoxy) is 1. The van der Waals surface area contributed by atoms with Crippen LogP contribution in [0.15, 0.2) is 72.8 Å². The molecule has 0 atom stereocenters. The molecule has 28 heavy (non-hydrogen) atoms. The number of nitriles is 1. The van der Waals surface area contributed by atoms with Crippen molar-refractivity contribution >= 4 is 17.3 Å². The first kappa shape index (κ1) is 18.6. The number of rotatable bonds is 6. The van der Waals surface area contributed by atoms with Gasteiger partial charge < -0.3 is 10.1 Å². The summed E-state index contributed by atoms with van der Waals surface area (Å²) < 4.78 is 5.47. The molecule has 0 radical (unpaired) electrons. The number of nitro groups is 1. The molecule has 0 aliphatic rings. The molecule has 1 N–H and O–H groups in total. The molecule has 0 aromatic heterocycles. The number of hydrogen-bond donors (Lipinski definition) is 1. The molecule has 0 aliphatic heterocycles. The molecule has 0 spiro atoms. The lowest BCUT2D eigenvalue weighted by molar-refractivity contribution is -0.384. The Bertz CT molecular complexity index is 1020. The second-order valence-corrected chi connectivity index (χ2v) is 5.85. The molecule has 7 heteroatoms. The van der Waals surface area contributed by atoms with Crippen LogP contribution in [0, 0.1) is 21.4 Å². The number of nitrogens with zero attached hydrogens (tertiary/aromatic N) is 2. The molecule has 0 heterocycles. The lowest BCUT2D eigenvalue weighted by Gasteiger charge is -2.08. The van der Waals surface area contributed by atoms with E-state index in [1.165, 1.54) is 24.3 Å². The van der Waals surface area contributed by atoms with Crippen molar-refractivity contribution in [3.8, 4) is 22.9 Å². The molecule has 1 amide bonds. The van der Waals surface area contributed by atoms with Gasteiger partial charge in [-0.2, -0.15) is 5.26 Å². The maximum absolute atomic E-state index is 12.0. The number of nitrogens with one attached hydrogen (secondary N) is 1. The molecule has 0 saturated heterocycles. The predicted octanol–water partition coefficient (Wildman–Crippen LogP) is 4.15. The smallest absolute Gasteiger partial charge is 0.269 e. The number of non-ortho nitro benzene ring substituents is 1. The maximum atomic E-state index is 12.0. The molecule has 3 aromatic rings. The van der Waals surface area contributed by atoms with E-state index in [0.717, 1.165) is 11.1 Å². The van der Waals surface area contributed by atoms with Gasteiger partial charge in [-0.1, -0.05) is 24.3 Å². The van der Waals surface area contributed by atoms with Crippen LogP contribution in [-0.2, 0) is 4.79 Å². The number of anilines is 1. The van der Waals surface area contributed by atoms with Gasteiger partial charge in [0.2, 0.25) is 0 Å². The Morgan fingerprint density at radius 3 is 2.07 bits per heavy atom. The topological polar surface area (TPSA) is 105 Å². The van der Waals surface area contributed by atoms with E-state index in [0.29, 0.717) is 17.0 Å². The SMILES string of the molecule is N#Cc1ccc(-c2ccc(OCC(=O)Nc3ccc([N+](=O)[O-])cc3)cc2)cc1. The standard InChI is InChI=1S/C21H15N3O4/c22-13-15-1-3-16(4-2-15)17-5-11-20(12-6-17)28-14-21(25)23-18-7-9-19(10-8-18)24(26)27/h1-12H,14H2,(H,23,25). The zero-order valence-electron chi connectivity index (χ0n) is 14.7. The molecule has 3 aromatic carbocycles. The molecule has 0 unspecified atom stereocenters. The van der Waals surface area contributed by atoms with Crippen molar-refractivity contribution in [3.63, 3.8) is 0 Å². The van der Waals surface area contributed by atoms with Crippen LogP contribution in [0.1, 0.15) is 5.56 Å². The van der Waals surface area contributed by atoms with E-state index < -0.39 is 4.92 Å². The number of carbonyl (C=O) groups is 1. The second-order valence-electron chi connectivity index (χ2n) is 5.85. The largest absolute Gasteiger partial charge is 0.484 e. The van der Waals surface area contributed by atoms with E-state index in [4.69, 9.17) is 10.00 Å². The fraction of sp³-hybridized carbons (Fsp3) is 0.0476. The van der Waals surface area contributed by atoms with Crippen LogP contribution in [0.5, 0.6) is 5.75 Å². The van der Waals surface area contributed by atoms with Crippen LogP contribution >= 0.6 is 0 Å². The van der Waals surface area contributed by atoms with Crippen LogP contribution in [0.25, 0.3) is 11.1 Å². The molecule has 0 saturated carbocycles. The normalized spacial score (nSPS) is 9.96. The van der Waals surface area contributed by atoms with E-state index in [1.807, 2.05) is 24.3 Å². The number of nitro benzene ring substituents is 1. The Kier molecular flexibility index (Phi) is 5.63. The molecular formula is C21H15N3O4. The van der Waals surface area contributed by atoms with Gasteiger partial charge in [-0.25, -0.2) is 0 Å². The number of benzene rings is 3. The lowest BCUT2D eigenvalue weighted by atomic mass is 10.0. The van der Waals surface area contributed by atoms with Crippen LogP contribution < -0.4 is 10.1 Å². The van der Waals surface area contributed by atoms with Gasteiger partial charge in [0.25, 0.3) is 11.6 Å². The van der Waals surface area contributed by atoms with Gasteiger partial charge in [0.05, 0.1) is 16.6 Å². The Morgan fingerprint density at radius 1 is 0.964 bits per heavy atom. The van der Waals surface area contributed by atoms with Crippen molar-refractivity contribution in [2.45, 2.75) is 0 Å². The Labute approximate surface area is 161 Å². The van der Waals surface area contributed by atoms with Gasteiger partial charge in [0.1, 0.15) is 5.75 Å². The third-order valence-corrected chi connectivity index (χ3v) is 3.93. The summed E-state index contributed by atoms with van der Waals surface area (Å²) in [4.78, 5) is 22.1. The Balaban J connectivity index is 1.54. The Morgan fingerprint density at radius 2 is 1.54 bits per heavy atom. The first-order chi connectivity index (χ1) is 13.5. The highest BCUT2D eigenvalue weighted by Gasteiger charge is 2.07. The fourth-order valence-corrected chi connectivity index (χ4v) is 2.49. The summed E-state index contributed by atoms with van der Waals surface area (Å²) in [6.45, 7) is -0.187. The predicted molar refractivity (Wildman–Crippen MR) is 104 cm³/mol.